The van der Waals surface area contributed by atoms with Gasteiger partial charge in [0.15, 0.2) is 11.6 Å². The van der Waals surface area contributed by atoms with E-state index in [1.807, 2.05) is 0 Å². The topological polar surface area (TPSA) is 37.8 Å². The molecule has 0 saturated carbocycles. The lowest BCUT2D eigenvalue weighted by atomic mass is 10.1. The number of benzene rings is 1. The summed E-state index contributed by atoms with van der Waals surface area (Å²) in [5.41, 5.74) is -1.02. The van der Waals surface area contributed by atoms with Gasteiger partial charge < -0.3 is 5.32 Å². The molecular formula is C12H9F4N3. The summed E-state index contributed by atoms with van der Waals surface area (Å²) in [6.45, 7) is 0. The highest BCUT2D eigenvalue weighted by atomic mass is 19.4. The normalized spacial score (nSPS) is 11.4. The van der Waals surface area contributed by atoms with Gasteiger partial charge in [0, 0.05) is 13.2 Å². The molecular weight excluding hydrogens is 262 g/mol. The van der Waals surface area contributed by atoms with Crippen LogP contribution in [0.4, 0.5) is 23.2 Å². The van der Waals surface area contributed by atoms with Crippen molar-refractivity contribution in [3.05, 3.63) is 42.0 Å². The molecule has 1 heterocycles. The molecule has 19 heavy (non-hydrogen) atoms. The molecule has 0 aliphatic carbocycles. The van der Waals surface area contributed by atoms with E-state index in [2.05, 4.69) is 15.3 Å². The van der Waals surface area contributed by atoms with Crippen molar-refractivity contribution in [2.24, 2.45) is 0 Å². The number of rotatable bonds is 2. The molecule has 1 aromatic heterocycles. The summed E-state index contributed by atoms with van der Waals surface area (Å²) >= 11 is 0. The summed E-state index contributed by atoms with van der Waals surface area (Å²) in [5, 5.41) is 2.60. The number of hydrogen-bond acceptors (Lipinski definition) is 3. The summed E-state index contributed by atoms with van der Waals surface area (Å²) in [6.07, 6.45) is -3.63. The maximum atomic E-state index is 14.0. The molecule has 0 bridgehead atoms. The van der Waals surface area contributed by atoms with E-state index in [1.54, 1.807) is 0 Å². The fraction of sp³-hybridized carbons (Fsp3) is 0.167. The first-order valence-electron chi connectivity index (χ1n) is 5.30. The fourth-order valence-electron chi connectivity index (χ4n) is 1.54. The van der Waals surface area contributed by atoms with Gasteiger partial charge in [0.25, 0.3) is 0 Å². The monoisotopic (exact) mass is 271 g/mol. The highest BCUT2D eigenvalue weighted by Gasteiger charge is 2.33. The van der Waals surface area contributed by atoms with Crippen LogP contribution in [0, 0.1) is 5.82 Å². The maximum absolute atomic E-state index is 14.0. The van der Waals surface area contributed by atoms with Crippen LogP contribution in [0.25, 0.3) is 11.4 Å². The van der Waals surface area contributed by atoms with E-state index in [0.717, 1.165) is 12.3 Å². The molecule has 0 amide bonds. The lowest BCUT2D eigenvalue weighted by Crippen LogP contribution is -2.09. The van der Waals surface area contributed by atoms with Gasteiger partial charge in [0.1, 0.15) is 5.69 Å². The Bertz CT molecular complexity index is 596. The van der Waals surface area contributed by atoms with E-state index >= 15 is 0 Å². The Morgan fingerprint density at radius 1 is 1.16 bits per heavy atom. The van der Waals surface area contributed by atoms with Crippen LogP contribution in [0.5, 0.6) is 0 Å². The second-order valence-corrected chi connectivity index (χ2v) is 3.68. The Labute approximate surface area is 106 Å². The van der Waals surface area contributed by atoms with Crippen LogP contribution in [0.1, 0.15) is 5.69 Å². The van der Waals surface area contributed by atoms with Gasteiger partial charge in [0.2, 0.25) is 0 Å². The first-order chi connectivity index (χ1) is 8.93. The van der Waals surface area contributed by atoms with Gasteiger partial charge in [-0.05, 0) is 18.2 Å². The largest absolute Gasteiger partial charge is 0.433 e. The second-order valence-electron chi connectivity index (χ2n) is 3.68. The SMILES string of the molecule is CNc1cccc(-c2nccc(C(F)(F)F)n2)c1F. The molecule has 0 aliphatic rings. The van der Waals surface area contributed by atoms with E-state index in [9.17, 15) is 17.6 Å². The number of aromatic nitrogens is 2. The third-order valence-corrected chi connectivity index (χ3v) is 2.45. The summed E-state index contributed by atoms with van der Waals surface area (Å²) in [7, 11) is 1.51. The van der Waals surface area contributed by atoms with Gasteiger partial charge in [-0.25, -0.2) is 14.4 Å². The number of nitrogens with zero attached hydrogens (tertiary/aromatic N) is 2. The van der Waals surface area contributed by atoms with Crippen molar-refractivity contribution in [3.63, 3.8) is 0 Å². The number of halogens is 4. The highest BCUT2D eigenvalue weighted by Crippen LogP contribution is 2.30. The standard InChI is InChI=1S/C12H9F4N3/c1-17-8-4-2-3-7(10(8)13)11-18-6-5-9(19-11)12(14,15)16/h2-6,17H,1H3. The molecule has 1 aromatic carbocycles. The average Bonchev–Trinajstić information content (AvgIpc) is 2.38. The second kappa shape index (κ2) is 4.83. The molecule has 0 saturated heterocycles. The fourth-order valence-corrected chi connectivity index (χ4v) is 1.54. The highest BCUT2D eigenvalue weighted by molar-refractivity contribution is 5.63. The van der Waals surface area contributed by atoms with Gasteiger partial charge in [-0.2, -0.15) is 13.2 Å². The Morgan fingerprint density at radius 3 is 2.53 bits per heavy atom. The number of hydrogen-bond donors (Lipinski definition) is 1. The van der Waals surface area contributed by atoms with Gasteiger partial charge in [-0.3, -0.25) is 0 Å². The summed E-state index contributed by atoms with van der Waals surface area (Å²) in [5.74, 6) is -0.992. The van der Waals surface area contributed by atoms with Gasteiger partial charge in [0.05, 0.1) is 11.3 Å². The molecule has 0 aliphatic heterocycles. The lowest BCUT2D eigenvalue weighted by Gasteiger charge is -2.09. The Morgan fingerprint density at radius 2 is 1.89 bits per heavy atom. The molecule has 0 fully saturated rings. The third kappa shape index (κ3) is 2.64. The van der Waals surface area contributed by atoms with Crippen molar-refractivity contribution in [1.82, 2.24) is 9.97 Å². The summed E-state index contributed by atoms with van der Waals surface area (Å²) < 4.78 is 51.6. The van der Waals surface area contributed by atoms with Crippen LogP contribution in [-0.2, 0) is 6.18 Å². The minimum atomic E-state index is -4.59. The summed E-state index contributed by atoms with van der Waals surface area (Å²) in [6, 6.07) is 5.04. The van der Waals surface area contributed by atoms with Crippen LogP contribution >= 0.6 is 0 Å². The van der Waals surface area contributed by atoms with Crippen molar-refractivity contribution in [2.45, 2.75) is 6.18 Å². The quantitative estimate of drug-likeness (QED) is 0.851. The van der Waals surface area contributed by atoms with E-state index < -0.39 is 17.7 Å². The maximum Gasteiger partial charge on any atom is 0.433 e. The van der Waals surface area contributed by atoms with Crippen LogP contribution in [0.2, 0.25) is 0 Å². The van der Waals surface area contributed by atoms with E-state index in [-0.39, 0.29) is 17.1 Å². The van der Waals surface area contributed by atoms with Gasteiger partial charge >= 0.3 is 6.18 Å². The molecule has 100 valence electrons. The zero-order valence-electron chi connectivity index (χ0n) is 9.79. The van der Waals surface area contributed by atoms with Gasteiger partial charge in [-0.15, -0.1) is 0 Å². The molecule has 0 radical (unpaired) electrons. The smallest absolute Gasteiger partial charge is 0.386 e. The van der Waals surface area contributed by atoms with Crippen molar-refractivity contribution < 1.29 is 17.6 Å². The minimum Gasteiger partial charge on any atom is -0.386 e. The molecule has 7 heteroatoms. The number of alkyl halides is 3. The van der Waals surface area contributed by atoms with Crippen LogP contribution in [-0.4, -0.2) is 17.0 Å². The van der Waals surface area contributed by atoms with Crippen molar-refractivity contribution in [2.75, 3.05) is 12.4 Å². The molecule has 2 aromatic rings. The van der Waals surface area contributed by atoms with Crippen molar-refractivity contribution in [1.29, 1.82) is 0 Å². The van der Waals surface area contributed by atoms with E-state index in [0.29, 0.717) is 0 Å². The number of nitrogens with one attached hydrogen (secondary N) is 1. The first kappa shape index (κ1) is 13.3. The van der Waals surface area contributed by atoms with Crippen molar-refractivity contribution in [3.8, 4) is 11.4 Å². The van der Waals surface area contributed by atoms with Crippen LogP contribution < -0.4 is 5.32 Å². The number of anilines is 1. The van der Waals surface area contributed by atoms with E-state index in [4.69, 9.17) is 0 Å². The molecule has 2 rings (SSSR count). The molecule has 0 unspecified atom stereocenters. The Hall–Kier alpha value is -2.18. The van der Waals surface area contributed by atoms with Crippen molar-refractivity contribution >= 4 is 5.69 Å². The zero-order valence-corrected chi connectivity index (χ0v) is 9.79. The van der Waals surface area contributed by atoms with E-state index in [1.165, 1.54) is 25.2 Å². The predicted octanol–water partition coefficient (Wildman–Crippen LogP) is 3.34. The molecule has 0 atom stereocenters. The van der Waals surface area contributed by atoms with Crippen LogP contribution in [0.3, 0.4) is 0 Å². The zero-order chi connectivity index (χ0) is 14.0. The molecule has 3 nitrogen and oxygen atoms in total. The Kier molecular flexibility index (Phi) is 3.37. The van der Waals surface area contributed by atoms with Crippen LogP contribution in [0.15, 0.2) is 30.5 Å². The summed E-state index contributed by atoms with van der Waals surface area (Å²) in [4.78, 5) is 7.03. The predicted molar refractivity (Wildman–Crippen MR) is 62.0 cm³/mol. The average molecular weight is 271 g/mol. The minimum absolute atomic E-state index is 0.0852. The first-order valence-corrected chi connectivity index (χ1v) is 5.30. The Balaban J connectivity index is 2.54. The molecule has 0 spiro atoms. The molecule has 1 N–H and O–H groups in total. The third-order valence-electron chi connectivity index (χ3n) is 2.45. The lowest BCUT2D eigenvalue weighted by molar-refractivity contribution is -0.141. The van der Waals surface area contributed by atoms with Gasteiger partial charge in [-0.1, -0.05) is 6.07 Å².